The van der Waals surface area contributed by atoms with Crippen LogP contribution in [0.15, 0.2) is 17.0 Å². The highest BCUT2D eigenvalue weighted by atomic mass is 32.2. The number of amides is 1. The van der Waals surface area contributed by atoms with Crippen LogP contribution in [0, 0.1) is 19.8 Å². The fraction of sp³-hybridized carbons (Fsp3) is 0.462. The molecule has 6 heteroatoms. The van der Waals surface area contributed by atoms with Gasteiger partial charge in [0.25, 0.3) is 0 Å². The van der Waals surface area contributed by atoms with Crippen molar-refractivity contribution in [3.05, 3.63) is 23.3 Å². The largest absolute Gasteiger partial charge is 0.325 e. The molecular weight excluding hydrogens is 264 g/mol. The summed E-state index contributed by atoms with van der Waals surface area (Å²) < 4.78 is 22.6. The van der Waals surface area contributed by atoms with E-state index >= 15 is 0 Å². The van der Waals surface area contributed by atoms with Crippen molar-refractivity contribution in [1.82, 2.24) is 0 Å². The third-order valence-corrected chi connectivity index (χ3v) is 4.45. The van der Waals surface area contributed by atoms with Crippen LogP contribution in [0.3, 0.4) is 0 Å². The van der Waals surface area contributed by atoms with Gasteiger partial charge < -0.3 is 5.32 Å². The molecule has 0 atom stereocenters. The minimum atomic E-state index is -3.72. The van der Waals surface area contributed by atoms with Gasteiger partial charge in [0.1, 0.15) is 0 Å². The molecule has 0 bridgehead atoms. The second kappa shape index (κ2) is 4.94. The highest BCUT2D eigenvalue weighted by molar-refractivity contribution is 7.89. The van der Waals surface area contributed by atoms with Crippen molar-refractivity contribution in [1.29, 1.82) is 0 Å². The van der Waals surface area contributed by atoms with Crippen molar-refractivity contribution < 1.29 is 13.2 Å². The summed E-state index contributed by atoms with van der Waals surface area (Å²) >= 11 is 0. The second-order valence-electron chi connectivity index (χ2n) is 5.09. The van der Waals surface area contributed by atoms with Gasteiger partial charge in [-0.05, 0) is 49.9 Å². The number of benzene rings is 1. The van der Waals surface area contributed by atoms with E-state index in [-0.39, 0.29) is 16.7 Å². The molecule has 1 saturated carbocycles. The molecule has 0 heterocycles. The van der Waals surface area contributed by atoms with Gasteiger partial charge in [-0.25, -0.2) is 13.6 Å². The number of nitrogens with one attached hydrogen (secondary N) is 1. The summed E-state index contributed by atoms with van der Waals surface area (Å²) in [4.78, 5) is 12.0. The van der Waals surface area contributed by atoms with E-state index in [0.717, 1.165) is 19.3 Å². The lowest BCUT2D eigenvalue weighted by Gasteiger charge is -2.25. The van der Waals surface area contributed by atoms with E-state index in [1.165, 1.54) is 12.1 Å². The molecule has 0 aliphatic heterocycles. The first-order chi connectivity index (χ1) is 8.79. The Morgan fingerprint density at radius 1 is 1.26 bits per heavy atom. The van der Waals surface area contributed by atoms with Crippen LogP contribution in [0.5, 0.6) is 0 Å². The molecule has 2 rings (SSSR count). The topological polar surface area (TPSA) is 89.3 Å². The fourth-order valence-electron chi connectivity index (χ4n) is 2.18. The Morgan fingerprint density at radius 3 is 2.16 bits per heavy atom. The highest BCUT2D eigenvalue weighted by Gasteiger charge is 2.26. The van der Waals surface area contributed by atoms with E-state index in [1.54, 1.807) is 13.8 Å². The Bertz CT molecular complexity index is 596. The number of aryl methyl sites for hydroxylation is 2. The van der Waals surface area contributed by atoms with E-state index in [4.69, 9.17) is 5.14 Å². The molecule has 1 aliphatic rings. The van der Waals surface area contributed by atoms with Gasteiger partial charge in [0.2, 0.25) is 15.9 Å². The predicted octanol–water partition coefficient (Wildman–Crippen LogP) is 1.69. The molecule has 104 valence electrons. The molecule has 1 fully saturated rings. The van der Waals surface area contributed by atoms with Crippen LogP contribution in [0.1, 0.15) is 30.4 Å². The van der Waals surface area contributed by atoms with Gasteiger partial charge in [-0.2, -0.15) is 0 Å². The molecule has 0 unspecified atom stereocenters. The molecule has 1 amide bonds. The normalized spacial score (nSPS) is 15.9. The maximum Gasteiger partial charge on any atom is 0.238 e. The Hall–Kier alpha value is -1.40. The lowest BCUT2D eigenvalue weighted by atomic mass is 9.84. The minimum absolute atomic E-state index is 0.0146. The zero-order valence-electron chi connectivity index (χ0n) is 11.1. The van der Waals surface area contributed by atoms with Crippen LogP contribution in [0.4, 0.5) is 5.69 Å². The van der Waals surface area contributed by atoms with E-state index in [0.29, 0.717) is 16.8 Å². The molecular formula is C13H18N2O3S. The van der Waals surface area contributed by atoms with Crippen molar-refractivity contribution in [2.75, 3.05) is 5.32 Å². The molecule has 3 N–H and O–H groups in total. The zero-order valence-corrected chi connectivity index (χ0v) is 11.9. The third-order valence-electron chi connectivity index (χ3n) is 3.56. The third kappa shape index (κ3) is 2.96. The van der Waals surface area contributed by atoms with Crippen molar-refractivity contribution in [2.45, 2.75) is 38.0 Å². The summed E-state index contributed by atoms with van der Waals surface area (Å²) in [5.41, 5.74) is 2.10. The Balaban J connectivity index is 2.29. The number of anilines is 1. The fourth-order valence-corrected chi connectivity index (χ4v) is 2.86. The van der Waals surface area contributed by atoms with Crippen molar-refractivity contribution >= 4 is 21.6 Å². The van der Waals surface area contributed by atoms with Crippen LogP contribution >= 0.6 is 0 Å². The lowest BCUT2D eigenvalue weighted by Crippen LogP contribution is -2.28. The summed E-state index contributed by atoms with van der Waals surface area (Å²) in [6.07, 6.45) is 2.96. The minimum Gasteiger partial charge on any atom is -0.325 e. The Labute approximate surface area is 113 Å². The van der Waals surface area contributed by atoms with E-state index in [9.17, 15) is 13.2 Å². The summed E-state index contributed by atoms with van der Waals surface area (Å²) in [5.74, 6) is 0.109. The lowest BCUT2D eigenvalue weighted by molar-refractivity contribution is -0.122. The number of hydrogen-bond donors (Lipinski definition) is 2. The molecule has 0 saturated heterocycles. The van der Waals surface area contributed by atoms with Crippen molar-refractivity contribution in [2.24, 2.45) is 11.1 Å². The number of carbonyl (C=O) groups is 1. The average Bonchev–Trinajstić information content (AvgIpc) is 2.19. The molecule has 1 aromatic carbocycles. The standard InChI is InChI=1S/C13H18N2O3S/c1-8-6-11(19(14,17)18)7-9(2)12(8)15-13(16)10-4-3-5-10/h6-7,10H,3-5H2,1-2H3,(H,15,16)(H2,14,17,18). The zero-order chi connectivity index (χ0) is 14.2. The monoisotopic (exact) mass is 282 g/mol. The molecule has 1 aromatic rings. The molecule has 5 nitrogen and oxygen atoms in total. The van der Waals surface area contributed by atoms with Crippen LogP contribution in [0.2, 0.25) is 0 Å². The molecule has 0 aromatic heterocycles. The van der Waals surface area contributed by atoms with E-state index < -0.39 is 10.0 Å². The first-order valence-corrected chi connectivity index (χ1v) is 7.78. The van der Waals surface area contributed by atoms with E-state index in [2.05, 4.69) is 5.32 Å². The van der Waals surface area contributed by atoms with Gasteiger partial charge in [0.05, 0.1) is 4.90 Å². The predicted molar refractivity (Wildman–Crippen MR) is 73.3 cm³/mol. The SMILES string of the molecule is Cc1cc(S(N)(=O)=O)cc(C)c1NC(=O)C1CCC1. The first kappa shape index (κ1) is 14.0. The Kier molecular flexibility index (Phi) is 3.64. The highest BCUT2D eigenvalue weighted by Crippen LogP contribution is 2.30. The van der Waals surface area contributed by atoms with Gasteiger partial charge in [-0.15, -0.1) is 0 Å². The summed E-state index contributed by atoms with van der Waals surface area (Å²) in [7, 11) is -3.72. The Morgan fingerprint density at radius 2 is 1.79 bits per heavy atom. The number of hydrogen-bond acceptors (Lipinski definition) is 3. The van der Waals surface area contributed by atoms with Crippen LogP contribution < -0.4 is 10.5 Å². The smallest absolute Gasteiger partial charge is 0.238 e. The van der Waals surface area contributed by atoms with Gasteiger partial charge in [-0.1, -0.05) is 6.42 Å². The van der Waals surface area contributed by atoms with Crippen LogP contribution in [0.25, 0.3) is 0 Å². The van der Waals surface area contributed by atoms with Crippen molar-refractivity contribution in [3.8, 4) is 0 Å². The van der Waals surface area contributed by atoms with E-state index in [1.807, 2.05) is 0 Å². The van der Waals surface area contributed by atoms with Gasteiger partial charge in [-0.3, -0.25) is 4.79 Å². The molecule has 19 heavy (non-hydrogen) atoms. The number of nitrogens with two attached hydrogens (primary N) is 1. The van der Waals surface area contributed by atoms with Crippen molar-refractivity contribution in [3.63, 3.8) is 0 Å². The number of carbonyl (C=O) groups excluding carboxylic acids is 1. The number of sulfonamides is 1. The molecule has 0 radical (unpaired) electrons. The molecule has 0 spiro atoms. The van der Waals surface area contributed by atoms with Gasteiger partial charge in [0.15, 0.2) is 0 Å². The second-order valence-corrected chi connectivity index (χ2v) is 6.66. The summed E-state index contributed by atoms with van der Waals surface area (Å²) in [6.45, 7) is 3.52. The number of primary sulfonamides is 1. The quantitative estimate of drug-likeness (QED) is 0.884. The van der Waals surface area contributed by atoms with Gasteiger partial charge in [0, 0.05) is 11.6 Å². The number of rotatable bonds is 3. The summed E-state index contributed by atoms with van der Waals surface area (Å²) in [6, 6.07) is 2.97. The first-order valence-electron chi connectivity index (χ1n) is 6.24. The van der Waals surface area contributed by atoms with Crippen LogP contribution in [-0.2, 0) is 14.8 Å². The average molecular weight is 282 g/mol. The van der Waals surface area contributed by atoms with Crippen LogP contribution in [-0.4, -0.2) is 14.3 Å². The maximum absolute atomic E-state index is 11.9. The summed E-state index contributed by atoms with van der Waals surface area (Å²) in [5, 5.41) is 7.99. The van der Waals surface area contributed by atoms with Gasteiger partial charge >= 0.3 is 0 Å². The maximum atomic E-state index is 11.9. The molecule has 1 aliphatic carbocycles.